The highest BCUT2D eigenvalue weighted by Gasteiger charge is 2.29. The average Bonchev–Trinajstić information content (AvgIpc) is 2.97. The van der Waals surface area contributed by atoms with E-state index in [2.05, 4.69) is 11.9 Å². The summed E-state index contributed by atoms with van der Waals surface area (Å²) in [6.45, 7) is 3.38. The zero-order chi connectivity index (χ0) is 14.3. The smallest absolute Gasteiger partial charge is 0.315 e. The van der Waals surface area contributed by atoms with Gasteiger partial charge in [0.15, 0.2) is 0 Å². The fourth-order valence-corrected chi connectivity index (χ4v) is 2.34. The Morgan fingerprint density at radius 2 is 2.20 bits per heavy atom. The van der Waals surface area contributed by atoms with Crippen molar-refractivity contribution in [2.24, 2.45) is 0 Å². The molecule has 1 aromatic carbocycles. The van der Waals surface area contributed by atoms with Gasteiger partial charge in [0.2, 0.25) is 5.91 Å². The van der Waals surface area contributed by atoms with Crippen LogP contribution in [0.15, 0.2) is 41.3 Å². The van der Waals surface area contributed by atoms with E-state index in [1.165, 1.54) is 6.08 Å². The molecule has 0 saturated heterocycles. The fraction of sp³-hybridized carbons (Fsp3) is 0.0667. The highest BCUT2D eigenvalue weighted by Crippen LogP contribution is 2.39. The third-order valence-electron chi connectivity index (χ3n) is 3.23. The van der Waals surface area contributed by atoms with Crippen LogP contribution in [0.4, 0.5) is 5.69 Å². The summed E-state index contributed by atoms with van der Waals surface area (Å²) < 4.78 is 5.59. The number of carbonyl (C=O) groups excluding carboxylic acids is 1. The predicted octanol–water partition coefficient (Wildman–Crippen LogP) is 2.75. The number of carboxylic acids is 1. The van der Waals surface area contributed by atoms with Gasteiger partial charge in [0.25, 0.3) is 0 Å². The SMILES string of the molecule is C=CC(=O)Nc1ccc2oc3c(c2c1)C(C(=O)O)C=C3. The number of hydrogen-bond donors (Lipinski definition) is 2. The molecule has 1 aromatic heterocycles. The normalized spacial score (nSPS) is 16.1. The first-order valence-electron chi connectivity index (χ1n) is 6.01. The molecule has 0 saturated carbocycles. The number of benzene rings is 1. The number of hydrogen-bond acceptors (Lipinski definition) is 3. The molecule has 2 N–H and O–H groups in total. The van der Waals surface area contributed by atoms with E-state index in [0.717, 1.165) is 0 Å². The van der Waals surface area contributed by atoms with Gasteiger partial charge in [-0.3, -0.25) is 9.59 Å². The summed E-state index contributed by atoms with van der Waals surface area (Å²) in [4.78, 5) is 22.5. The summed E-state index contributed by atoms with van der Waals surface area (Å²) in [6, 6.07) is 5.11. The largest absolute Gasteiger partial charge is 0.481 e. The molecule has 0 radical (unpaired) electrons. The Kier molecular flexibility index (Phi) is 2.68. The Morgan fingerprint density at radius 1 is 1.40 bits per heavy atom. The van der Waals surface area contributed by atoms with Crippen molar-refractivity contribution in [3.8, 4) is 0 Å². The van der Waals surface area contributed by atoms with Crippen LogP contribution < -0.4 is 5.32 Å². The summed E-state index contributed by atoms with van der Waals surface area (Å²) in [5.74, 6) is -1.41. The molecule has 3 rings (SSSR count). The van der Waals surface area contributed by atoms with Crippen LogP contribution >= 0.6 is 0 Å². The third-order valence-corrected chi connectivity index (χ3v) is 3.23. The summed E-state index contributed by atoms with van der Waals surface area (Å²) in [5.41, 5.74) is 1.80. The van der Waals surface area contributed by atoms with Crippen LogP contribution in [-0.2, 0) is 9.59 Å². The Hall–Kier alpha value is -2.82. The average molecular weight is 269 g/mol. The summed E-state index contributed by atoms with van der Waals surface area (Å²) >= 11 is 0. The second-order valence-electron chi connectivity index (χ2n) is 4.46. The highest BCUT2D eigenvalue weighted by molar-refractivity contribution is 6.02. The van der Waals surface area contributed by atoms with E-state index in [9.17, 15) is 14.7 Å². The van der Waals surface area contributed by atoms with Gasteiger partial charge < -0.3 is 14.8 Å². The number of aliphatic carboxylic acids is 1. The van der Waals surface area contributed by atoms with Gasteiger partial charge in [-0.25, -0.2) is 0 Å². The number of amides is 1. The molecule has 5 heteroatoms. The van der Waals surface area contributed by atoms with Crippen LogP contribution in [0.3, 0.4) is 0 Å². The zero-order valence-electron chi connectivity index (χ0n) is 10.4. The standard InChI is InChI=1S/C15H11NO4/c1-2-13(17)16-8-3-5-11-10(7-8)14-9(15(18)19)4-6-12(14)20-11/h2-7,9H,1H2,(H,16,17)(H,18,19). The molecule has 5 nitrogen and oxygen atoms in total. The molecule has 0 spiro atoms. The minimum atomic E-state index is -0.928. The first kappa shape index (κ1) is 12.2. The lowest BCUT2D eigenvalue weighted by molar-refractivity contribution is -0.137. The molecular formula is C15H11NO4. The molecule has 0 bridgehead atoms. The quantitative estimate of drug-likeness (QED) is 0.840. The molecule has 1 unspecified atom stereocenters. The molecule has 1 aliphatic carbocycles. The lowest BCUT2D eigenvalue weighted by Crippen LogP contribution is -2.08. The predicted molar refractivity (Wildman–Crippen MR) is 74.5 cm³/mol. The van der Waals surface area contributed by atoms with Crippen molar-refractivity contribution in [1.29, 1.82) is 0 Å². The van der Waals surface area contributed by atoms with Gasteiger partial charge in [0, 0.05) is 16.6 Å². The molecule has 1 heterocycles. The van der Waals surface area contributed by atoms with E-state index in [4.69, 9.17) is 4.42 Å². The maximum Gasteiger partial charge on any atom is 0.315 e. The third kappa shape index (κ3) is 1.80. The van der Waals surface area contributed by atoms with Gasteiger partial charge in [-0.05, 0) is 30.4 Å². The van der Waals surface area contributed by atoms with Crippen molar-refractivity contribution in [2.45, 2.75) is 5.92 Å². The topological polar surface area (TPSA) is 79.5 Å². The van der Waals surface area contributed by atoms with Crippen LogP contribution in [0, 0.1) is 0 Å². The Balaban J connectivity index is 2.11. The Labute approximate surface area is 114 Å². The Morgan fingerprint density at radius 3 is 2.90 bits per heavy atom. The molecule has 1 amide bonds. The molecule has 0 aliphatic heterocycles. The second-order valence-corrected chi connectivity index (χ2v) is 4.46. The minimum Gasteiger partial charge on any atom is -0.481 e. The molecule has 100 valence electrons. The Bertz CT molecular complexity index is 770. The van der Waals surface area contributed by atoms with Gasteiger partial charge in [0.1, 0.15) is 17.3 Å². The van der Waals surface area contributed by atoms with E-state index >= 15 is 0 Å². The number of nitrogens with one attached hydrogen (secondary N) is 1. The van der Waals surface area contributed by atoms with Crippen LogP contribution in [0.5, 0.6) is 0 Å². The molecular weight excluding hydrogens is 258 g/mol. The summed E-state index contributed by atoms with van der Waals surface area (Å²) in [5, 5.41) is 12.6. The van der Waals surface area contributed by atoms with Gasteiger partial charge >= 0.3 is 5.97 Å². The second kappa shape index (κ2) is 4.38. The van der Waals surface area contributed by atoms with Crippen LogP contribution in [-0.4, -0.2) is 17.0 Å². The molecule has 1 atom stereocenters. The number of anilines is 1. The van der Waals surface area contributed by atoms with Crippen molar-refractivity contribution in [3.05, 3.63) is 48.3 Å². The molecule has 0 fully saturated rings. The number of carboxylic acid groups (broad SMARTS) is 1. The molecule has 20 heavy (non-hydrogen) atoms. The van der Waals surface area contributed by atoms with Crippen molar-refractivity contribution >= 4 is 34.6 Å². The van der Waals surface area contributed by atoms with Crippen LogP contribution in [0.25, 0.3) is 17.0 Å². The lowest BCUT2D eigenvalue weighted by Gasteiger charge is -2.05. The number of carbonyl (C=O) groups is 2. The fourth-order valence-electron chi connectivity index (χ4n) is 2.34. The summed E-state index contributed by atoms with van der Waals surface area (Å²) in [6.07, 6.45) is 4.42. The van der Waals surface area contributed by atoms with Crippen molar-refractivity contribution in [3.63, 3.8) is 0 Å². The van der Waals surface area contributed by atoms with Gasteiger partial charge in [0.05, 0.1) is 0 Å². The first-order chi connectivity index (χ1) is 9.60. The van der Waals surface area contributed by atoms with E-state index in [1.807, 2.05) is 0 Å². The molecule has 1 aliphatic rings. The van der Waals surface area contributed by atoms with E-state index < -0.39 is 11.9 Å². The highest BCUT2D eigenvalue weighted by atomic mass is 16.4. The van der Waals surface area contributed by atoms with E-state index in [-0.39, 0.29) is 5.91 Å². The lowest BCUT2D eigenvalue weighted by atomic mass is 10.0. The van der Waals surface area contributed by atoms with Gasteiger partial charge in [-0.15, -0.1) is 0 Å². The maximum atomic E-state index is 11.3. The maximum absolute atomic E-state index is 11.3. The zero-order valence-corrected chi connectivity index (χ0v) is 10.4. The van der Waals surface area contributed by atoms with Crippen molar-refractivity contribution < 1.29 is 19.1 Å². The molecule has 2 aromatic rings. The van der Waals surface area contributed by atoms with E-state index in [0.29, 0.717) is 28.0 Å². The van der Waals surface area contributed by atoms with Crippen LogP contribution in [0.2, 0.25) is 0 Å². The number of fused-ring (bicyclic) bond motifs is 3. The van der Waals surface area contributed by atoms with E-state index in [1.54, 1.807) is 30.4 Å². The van der Waals surface area contributed by atoms with Gasteiger partial charge in [-0.2, -0.15) is 0 Å². The monoisotopic (exact) mass is 269 g/mol. The van der Waals surface area contributed by atoms with Crippen molar-refractivity contribution in [1.82, 2.24) is 0 Å². The van der Waals surface area contributed by atoms with Crippen LogP contribution in [0.1, 0.15) is 17.2 Å². The number of furan rings is 1. The van der Waals surface area contributed by atoms with Gasteiger partial charge in [-0.1, -0.05) is 12.7 Å². The van der Waals surface area contributed by atoms with Crippen molar-refractivity contribution in [2.75, 3.05) is 5.32 Å². The number of rotatable bonds is 3. The first-order valence-corrected chi connectivity index (χ1v) is 6.01. The minimum absolute atomic E-state index is 0.322. The summed E-state index contributed by atoms with van der Waals surface area (Å²) in [7, 11) is 0.